The van der Waals surface area contributed by atoms with E-state index in [2.05, 4.69) is 69.2 Å². The number of aryl methyl sites for hydroxylation is 1. The fourth-order valence-corrected chi connectivity index (χ4v) is 2.92. The van der Waals surface area contributed by atoms with Crippen molar-refractivity contribution < 1.29 is 0 Å². The Hall–Kier alpha value is -2.15. The summed E-state index contributed by atoms with van der Waals surface area (Å²) in [5, 5.41) is 14.9. The summed E-state index contributed by atoms with van der Waals surface area (Å²) in [7, 11) is 1.79. The molecule has 1 rings (SSSR count). The van der Waals surface area contributed by atoms with Crippen molar-refractivity contribution in [2.24, 2.45) is 10.9 Å². The lowest BCUT2D eigenvalue weighted by Gasteiger charge is -2.33. The van der Waals surface area contributed by atoms with Gasteiger partial charge in [-0.15, -0.1) is 23.4 Å². The van der Waals surface area contributed by atoms with Crippen LogP contribution in [0.3, 0.4) is 0 Å². The Morgan fingerprint density at radius 1 is 1.31 bits per heavy atom. The third kappa shape index (κ3) is 7.00. The molecule has 1 heterocycles. The zero-order valence-electron chi connectivity index (χ0n) is 16.8. The first-order chi connectivity index (χ1) is 12.6. The predicted molar refractivity (Wildman–Crippen MR) is 109 cm³/mol. The zero-order valence-corrected chi connectivity index (χ0v) is 16.8. The van der Waals surface area contributed by atoms with E-state index in [0.717, 1.165) is 50.9 Å². The van der Waals surface area contributed by atoms with E-state index in [1.54, 1.807) is 13.4 Å². The second-order valence-electron chi connectivity index (χ2n) is 6.52. The van der Waals surface area contributed by atoms with E-state index in [4.69, 9.17) is 0 Å². The normalized spacial score (nSPS) is 13.1. The Bertz CT molecular complexity index is 552. The van der Waals surface area contributed by atoms with Crippen molar-refractivity contribution in [2.45, 2.75) is 39.8 Å². The van der Waals surface area contributed by atoms with Gasteiger partial charge in [0.15, 0.2) is 5.96 Å². The summed E-state index contributed by atoms with van der Waals surface area (Å²) in [6, 6.07) is 0.370. The van der Waals surface area contributed by atoms with Crippen LogP contribution in [0, 0.1) is 5.92 Å². The number of aromatic nitrogens is 3. The molecule has 1 aromatic heterocycles. The van der Waals surface area contributed by atoms with Gasteiger partial charge in [-0.3, -0.25) is 9.89 Å². The number of rotatable bonds is 12. The van der Waals surface area contributed by atoms with Gasteiger partial charge in [-0.1, -0.05) is 32.9 Å². The van der Waals surface area contributed by atoms with Gasteiger partial charge in [0.25, 0.3) is 0 Å². The average Bonchev–Trinajstić information content (AvgIpc) is 3.07. The quantitative estimate of drug-likeness (QED) is 0.337. The molecule has 7 heteroatoms. The van der Waals surface area contributed by atoms with Crippen molar-refractivity contribution in [3.63, 3.8) is 0 Å². The lowest BCUT2D eigenvalue weighted by atomic mass is 10.0. The Morgan fingerprint density at radius 3 is 2.54 bits per heavy atom. The van der Waals surface area contributed by atoms with Crippen molar-refractivity contribution in [1.29, 1.82) is 0 Å². The van der Waals surface area contributed by atoms with Crippen LogP contribution in [-0.2, 0) is 13.0 Å². The summed E-state index contributed by atoms with van der Waals surface area (Å²) < 4.78 is 2.06. The van der Waals surface area contributed by atoms with E-state index in [-0.39, 0.29) is 0 Å². The fraction of sp³-hybridized carbons (Fsp3) is 0.632. The lowest BCUT2D eigenvalue weighted by molar-refractivity contribution is 0.190. The van der Waals surface area contributed by atoms with Crippen molar-refractivity contribution in [2.75, 3.05) is 33.2 Å². The number of hydrogen-bond acceptors (Lipinski definition) is 4. The third-order valence-electron chi connectivity index (χ3n) is 4.33. The summed E-state index contributed by atoms with van der Waals surface area (Å²) in [5.74, 6) is 2.31. The van der Waals surface area contributed by atoms with Crippen LogP contribution >= 0.6 is 0 Å². The largest absolute Gasteiger partial charge is 0.355 e. The number of aliphatic imine (C=N–C) groups is 1. The van der Waals surface area contributed by atoms with Gasteiger partial charge in [0.2, 0.25) is 0 Å². The summed E-state index contributed by atoms with van der Waals surface area (Å²) in [4.78, 5) is 6.70. The minimum Gasteiger partial charge on any atom is -0.355 e. The van der Waals surface area contributed by atoms with Crippen LogP contribution in [0.1, 0.15) is 26.6 Å². The number of nitrogens with one attached hydrogen (secondary N) is 2. The van der Waals surface area contributed by atoms with Gasteiger partial charge in [-0.2, -0.15) is 0 Å². The van der Waals surface area contributed by atoms with Crippen LogP contribution in [0.5, 0.6) is 0 Å². The van der Waals surface area contributed by atoms with Crippen LogP contribution in [0.2, 0.25) is 0 Å². The maximum Gasteiger partial charge on any atom is 0.191 e. The minimum absolute atomic E-state index is 0.370. The van der Waals surface area contributed by atoms with Gasteiger partial charge in [0.1, 0.15) is 12.2 Å². The minimum atomic E-state index is 0.370. The molecule has 146 valence electrons. The highest BCUT2D eigenvalue weighted by Gasteiger charge is 2.20. The second kappa shape index (κ2) is 12.2. The highest BCUT2D eigenvalue weighted by Crippen LogP contribution is 2.10. The Labute approximate surface area is 158 Å². The maximum atomic E-state index is 4.33. The van der Waals surface area contributed by atoms with E-state index in [9.17, 15) is 0 Å². The smallest absolute Gasteiger partial charge is 0.191 e. The van der Waals surface area contributed by atoms with Gasteiger partial charge in [0.05, 0.1) is 0 Å². The first-order valence-corrected chi connectivity index (χ1v) is 9.34. The molecule has 0 aromatic carbocycles. The molecule has 0 aliphatic rings. The summed E-state index contributed by atoms with van der Waals surface area (Å²) in [6.45, 7) is 18.4. The predicted octanol–water partition coefficient (Wildman–Crippen LogP) is 1.70. The molecule has 2 N–H and O–H groups in total. The molecule has 7 nitrogen and oxygen atoms in total. The van der Waals surface area contributed by atoms with Crippen molar-refractivity contribution in [3.8, 4) is 0 Å². The molecule has 0 saturated heterocycles. The van der Waals surface area contributed by atoms with E-state index >= 15 is 0 Å². The van der Waals surface area contributed by atoms with Crippen LogP contribution in [-0.4, -0.2) is 64.9 Å². The summed E-state index contributed by atoms with van der Waals surface area (Å²) >= 11 is 0. The molecule has 0 spiro atoms. The first kappa shape index (κ1) is 21.9. The van der Waals surface area contributed by atoms with Crippen molar-refractivity contribution in [3.05, 3.63) is 37.5 Å². The molecule has 0 bridgehead atoms. The second-order valence-corrected chi connectivity index (χ2v) is 6.52. The molecule has 1 aromatic rings. The SMILES string of the molecule is C=CCN(CC=C)C(CNC(=NC)NCCn1cnnc1CC)C(C)C. The molecule has 1 atom stereocenters. The highest BCUT2D eigenvalue weighted by atomic mass is 15.3. The molecule has 0 radical (unpaired) electrons. The van der Waals surface area contributed by atoms with Gasteiger partial charge in [-0.25, -0.2) is 0 Å². The van der Waals surface area contributed by atoms with Crippen LogP contribution in [0.4, 0.5) is 0 Å². The maximum absolute atomic E-state index is 4.33. The molecular formula is C19H35N7. The van der Waals surface area contributed by atoms with Crippen LogP contribution in [0.25, 0.3) is 0 Å². The standard InChI is InChI=1S/C19H35N7/c1-7-11-25(12-8-2)17(16(4)5)14-22-19(20-6)21-10-13-26-15-23-24-18(26)9-3/h7-8,15-17H,1-2,9-14H2,3-6H3,(H2,20,21,22). The Kier molecular flexibility index (Phi) is 10.3. The number of nitrogens with zero attached hydrogens (tertiary/aromatic N) is 5. The number of hydrogen-bond donors (Lipinski definition) is 2. The molecule has 0 saturated carbocycles. The average molecular weight is 362 g/mol. The van der Waals surface area contributed by atoms with Crippen molar-refractivity contribution in [1.82, 2.24) is 30.3 Å². The summed E-state index contributed by atoms with van der Waals surface area (Å²) in [6.07, 6.45) is 6.53. The van der Waals surface area contributed by atoms with E-state index in [0.29, 0.717) is 12.0 Å². The Morgan fingerprint density at radius 2 is 2.00 bits per heavy atom. The van der Waals surface area contributed by atoms with Gasteiger partial charge in [0, 0.05) is 52.2 Å². The van der Waals surface area contributed by atoms with E-state index < -0.39 is 0 Å². The highest BCUT2D eigenvalue weighted by molar-refractivity contribution is 5.79. The third-order valence-corrected chi connectivity index (χ3v) is 4.33. The van der Waals surface area contributed by atoms with Gasteiger partial charge in [-0.05, 0) is 5.92 Å². The lowest BCUT2D eigenvalue weighted by Crippen LogP contribution is -2.49. The van der Waals surface area contributed by atoms with Crippen LogP contribution < -0.4 is 10.6 Å². The fourth-order valence-electron chi connectivity index (χ4n) is 2.92. The molecule has 1 unspecified atom stereocenters. The molecule has 26 heavy (non-hydrogen) atoms. The molecule has 0 aliphatic carbocycles. The van der Waals surface area contributed by atoms with Crippen molar-refractivity contribution >= 4 is 5.96 Å². The topological polar surface area (TPSA) is 70.4 Å². The number of guanidine groups is 1. The molecule has 0 amide bonds. The summed E-state index contributed by atoms with van der Waals surface area (Å²) in [5.41, 5.74) is 0. The monoisotopic (exact) mass is 361 g/mol. The molecular weight excluding hydrogens is 326 g/mol. The van der Waals surface area contributed by atoms with E-state index in [1.165, 1.54) is 0 Å². The zero-order chi connectivity index (χ0) is 19.4. The van der Waals surface area contributed by atoms with E-state index in [1.807, 2.05) is 12.2 Å². The van der Waals surface area contributed by atoms with Gasteiger partial charge >= 0.3 is 0 Å². The first-order valence-electron chi connectivity index (χ1n) is 9.34. The van der Waals surface area contributed by atoms with Gasteiger partial charge < -0.3 is 15.2 Å². The molecule has 0 fully saturated rings. The molecule has 0 aliphatic heterocycles. The van der Waals surface area contributed by atoms with Crippen LogP contribution in [0.15, 0.2) is 36.6 Å². The Balaban J connectivity index is 2.54.